The lowest BCUT2D eigenvalue weighted by atomic mass is 10.1. The smallest absolute Gasteiger partial charge is 0.337 e. The van der Waals surface area contributed by atoms with E-state index in [9.17, 15) is 4.79 Å². The Hall–Kier alpha value is -0.960. The minimum absolute atomic E-state index is 0. The predicted octanol–water partition coefficient (Wildman–Crippen LogP) is 3.04. The van der Waals surface area contributed by atoms with Crippen molar-refractivity contribution in [1.29, 1.82) is 0 Å². The first-order valence-electron chi connectivity index (χ1n) is 8.04. The van der Waals surface area contributed by atoms with E-state index >= 15 is 0 Å². The molecule has 1 atom stereocenters. The number of carbonyl (C=O) groups excluding carboxylic acids is 1. The summed E-state index contributed by atoms with van der Waals surface area (Å²) in [5.41, 5.74) is 1.62. The molecule has 5 nitrogen and oxygen atoms in total. The van der Waals surface area contributed by atoms with Crippen LogP contribution in [0.4, 0.5) is 0 Å². The second kappa shape index (κ2) is 11.6. The fourth-order valence-electron chi connectivity index (χ4n) is 2.39. The summed E-state index contributed by atoms with van der Waals surface area (Å²) in [6.45, 7) is 4.43. The number of esters is 1. The van der Waals surface area contributed by atoms with Crippen LogP contribution >= 0.6 is 35.7 Å². The highest BCUT2D eigenvalue weighted by Gasteiger charge is 2.15. The summed E-state index contributed by atoms with van der Waals surface area (Å²) < 4.78 is 4.70. The van der Waals surface area contributed by atoms with Crippen LogP contribution in [0.3, 0.4) is 0 Å². The quantitative estimate of drug-likeness (QED) is 0.294. The molecule has 0 aromatic heterocycles. The van der Waals surface area contributed by atoms with Gasteiger partial charge in [0.15, 0.2) is 5.96 Å². The molecule has 7 heteroatoms. The Morgan fingerprint density at radius 1 is 1.33 bits per heavy atom. The normalized spacial score (nSPS) is 17.1. The van der Waals surface area contributed by atoms with Crippen molar-refractivity contribution in [1.82, 2.24) is 10.6 Å². The van der Waals surface area contributed by atoms with Gasteiger partial charge in [0.05, 0.1) is 19.2 Å². The van der Waals surface area contributed by atoms with Crippen LogP contribution in [-0.4, -0.2) is 43.1 Å². The summed E-state index contributed by atoms with van der Waals surface area (Å²) in [5.74, 6) is 1.80. The molecule has 1 saturated heterocycles. The number of benzene rings is 1. The average molecular weight is 463 g/mol. The van der Waals surface area contributed by atoms with Crippen LogP contribution in [0.15, 0.2) is 29.3 Å². The van der Waals surface area contributed by atoms with E-state index in [1.54, 1.807) is 12.1 Å². The fraction of sp³-hybridized carbons (Fsp3) is 0.529. The number of hydrogen-bond acceptors (Lipinski definition) is 4. The highest BCUT2D eigenvalue weighted by Crippen LogP contribution is 2.25. The molecule has 0 saturated carbocycles. The van der Waals surface area contributed by atoms with Crippen LogP contribution in [0.2, 0.25) is 0 Å². The van der Waals surface area contributed by atoms with Crippen LogP contribution < -0.4 is 10.6 Å². The number of carbonyl (C=O) groups is 1. The summed E-state index contributed by atoms with van der Waals surface area (Å²) in [4.78, 5) is 16.0. The molecule has 0 bridgehead atoms. The van der Waals surface area contributed by atoms with Gasteiger partial charge in [0.25, 0.3) is 0 Å². The first-order valence-corrected chi connectivity index (χ1v) is 9.09. The number of methoxy groups -OCH3 is 1. The maximum atomic E-state index is 11.4. The Kier molecular flexibility index (Phi) is 10.2. The molecule has 2 N–H and O–H groups in total. The maximum absolute atomic E-state index is 11.4. The molecule has 1 heterocycles. The highest BCUT2D eigenvalue weighted by atomic mass is 127. The van der Waals surface area contributed by atoms with Gasteiger partial charge in [-0.25, -0.2) is 9.79 Å². The summed E-state index contributed by atoms with van der Waals surface area (Å²) in [6.07, 6.45) is 2.60. The zero-order valence-electron chi connectivity index (χ0n) is 14.2. The topological polar surface area (TPSA) is 62.7 Å². The maximum Gasteiger partial charge on any atom is 0.337 e. The van der Waals surface area contributed by atoms with E-state index in [4.69, 9.17) is 4.74 Å². The van der Waals surface area contributed by atoms with E-state index in [2.05, 4.69) is 22.5 Å². The molecule has 0 spiro atoms. The predicted molar refractivity (Wildman–Crippen MR) is 111 cm³/mol. The number of hydrogen-bond donors (Lipinski definition) is 2. The van der Waals surface area contributed by atoms with Gasteiger partial charge in [0.2, 0.25) is 0 Å². The van der Waals surface area contributed by atoms with Crippen molar-refractivity contribution < 1.29 is 9.53 Å². The van der Waals surface area contributed by atoms with Crippen LogP contribution in [0.25, 0.3) is 0 Å². The molecular weight excluding hydrogens is 437 g/mol. The molecular formula is C17H26IN3O2S. The second-order valence-electron chi connectivity index (χ2n) is 5.40. The van der Waals surface area contributed by atoms with Gasteiger partial charge in [0.1, 0.15) is 0 Å². The van der Waals surface area contributed by atoms with E-state index in [1.165, 1.54) is 25.7 Å². The van der Waals surface area contributed by atoms with Crippen molar-refractivity contribution in [2.45, 2.75) is 31.6 Å². The van der Waals surface area contributed by atoms with Crippen LogP contribution in [0, 0.1) is 0 Å². The van der Waals surface area contributed by atoms with Gasteiger partial charge in [0, 0.05) is 18.3 Å². The Morgan fingerprint density at radius 2 is 2.08 bits per heavy atom. The molecule has 1 unspecified atom stereocenters. The summed E-state index contributed by atoms with van der Waals surface area (Å²) in [5, 5.41) is 7.38. The van der Waals surface area contributed by atoms with Crippen molar-refractivity contribution in [3.8, 4) is 0 Å². The van der Waals surface area contributed by atoms with Gasteiger partial charge in [-0.05, 0) is 43.2 Å². The molecule has 1 aromatic carbocycles. The number of ether oxygens (including phenoxy) is 1. The standard InChI is InChI=1S/C17H25N3O2S.HI/c1-3-18-17(20-12-15-5-4-10-23-15)19-11-13-6-8-14(9-7-13)16(21)22-2;/h6-9,15H,3-5,10-12H2,1-2H3,(H2,18,19,20);1H. The van der Waals surface area contributed by atoms with Gasteiger partial charge in [-0.1, -0.05) is 12.1 Å². The van der Waals surface area contributed by atoms with E-state index in [0.29, 0.717) is 17.4 Å². The Morgan fingerprint density at radius 3 is 2.67 bits per heavy atom. The fourth-order valence-corrected chi connectivity index (χ4v) is 3.59. The number of guanidine groups is 1. The first-order chi connectivity index (χ1) is 11.2. The molecule has 134 valence electrons. The molecule has 24 heavy (non-hydrogen) atoms. The monoisotopic (exact) mass is 463 g/mol. The summed E-state index contributed by atoms with van der Waals surface area (Å²) >= 11 is 2.03. The van der Waals surface area contributed by atoms with Gasteiger partial charge in [-0.3, -0.25) is 0 Å². The van der Waals surface area contributed by atoms with Gasteiger partial charge < -0.3 is 15.4 Å². The molecule has 1 aromatic rings. The van der Waals surface area contributed by atoms with Crippen molar-refractivity contribution in [2.75, 3.05) is 26.0 Å². The van der Waals surface area contributed by atoms with Gasteiger partial charge in [-0.15, -0.1) is 24.0 Å². The van der Waals surface area contributed by atoms with Crippen LogP contribution in [0.5, 0.6) is 0 Å². The Bertz CT molecular complexity index is 531. The van der Waals surface area contributed by atoms with Crippen molar-refractivity contribution in [2.24, 2.45) is 4.99 Å². The molecule has 0 radical (unpaired) electrons. The molecule has 2 rings (SSSR count). The Balaban J connectivity index is 0.00000288. The molecule has 1 fully saturated rings. The number of aliphatic imine (C=N–C) groups is 1. The van der Waals surface area contributed by atoms with Crippen molar-refractivity contribution in [3.63, 3.8) is 0 Å². The van der Waals surface area contributed by atoms with Crippen LogP contribution in [-0.2, 0) is 11.3 Å². The third kappa shape index (κ3) is 6.88. The lowest BCUT2D eigenvalue weighted by Gasteiger charge is -2.14. The van der Waals surface area contributed by atoms with Gasteiger partial charge in [-0.2, -0.15) is 11.8 Å². The molecule has 0 aliphatic carbocycles. The lowest BCUT2D eigenvalue weighted by molar-refractivity contribution is 0.0600. The second-order valence-corrected chi connectivity index (χ2v) is 6.81. The number of rotatable bonds is 6. The molecule has 0 amide bonds. The molecule has 1 aliphatic heterocycles. The summed E-state index contributed by atoms with van der Waals surface area (Å²) in [7, 11) is 1.39. The minimum Gasteiger partial charge on any atom is -0.465 e. The van der Waals surface area contributed by atoms with Crippen molar-refractivity contribution >= 4 is 47.7 Å². The number of thioether (sulfide) groups is 1. The SMILES string of the molecule is CCNC(=NCc1ccc(C(=O)OC)cc1)NCC1CCCS1.I. The number of halogens is 1. The minimum atomic E-state index is -0.316. The third-order valence-electron chi connectivity index (χ3n) is 3.66. The molecule has 1 aliphatic rings. The zero-order valence-corrected chi connectivity index (χ0v) is 17.4. The lowest BCUT2D eigenvalue weighted by Crippen LogP contribution is -2.40. The van der Waals surface area contributed by atoms with E-state index in [-0.39, 0.29) is 29.9 Å². The van der Waals surface area contributed by atoms with E-state index in [0.717, 1.165) is 24.6 Å². The average Bonchev–Trinajstić information content (AvgIpc) is 3.10. The van der Waals surface area contributed by atoms with Crippen LogP contribution in [0.1, 0.15) is 35.7 Å². The largest absolute Gasteiger partial charge is 0.465 e. The number of nitrogens with one attached hydrogen (secondary N) is 2. The third-order valence-corrected chi connectivity index (χ3v) is 5.06. The summed E-state index contributed by atoms with van der Waals surface area (Å²) in [6, 6.07) is 7.36. The van der Waals surface area contributed by atoms with E-state index < -0.39 is 0 Å². The van der Waals surface area contributed by atoms with Gasteiger partial charge >= 0.3 is 5.97 Å². The van der Waals surface area contributed by atoms with E-state index in [1.807, 2.05) is 23.9 Å². The first kappa shape index (κ1) is 21.1. The zero-order chi connectivity index (χ0) is 16.5. The Labute approximate surface area is 165 Å². The number of nitrogens with zero attached hydrogens (tertiary/aromatic N) is 1. The highest BCUT2D eigenvalue weighted by molar-refractivity contribution is 14.0. The van der Waals surface area contributed by atoms with Crippen molar-refractivity contribution in [3.05, 3.63) is 35.4 Å².